The Labute approximate surface area is 134 Å². The fourth-order valence-electron chi connectivity index (χ4n) is 2.97. The Kier molecular flexibility index (Phi) is 3.60. The predicted octanol–water partition coefficient (Wildman–Crippen LogP) is 2.97. The van der Waals surface area contributed by atoms with Crippen molar-refractivity contribution in [2.24, 2.45) is 0 Å². The number of H-pyrrole nitrogens is 1. The number of carbonyl (C=O) groups excluding carboxylic acids is 1. The number of aromatic nitrogens is 1. The maximum absolute atomic E-state index is 12.1. The molecule has 0 radical (unpaired) electrons. The van der Waals surface area contributed by atoms with E-state index >= 15 is 0 Å². The lowest BCUT2D eigenvalue weighted by molar-refractivity contribution is -0.122. The number of epoxide rings is 1. The monoisotopic (exact) mass is 306 g/mol. The number of rotatable bonds is 5. The molecule has 4 rings (SSSR count). The molecule has 0 spiro atoms. The first-order chi connectivity index (χ1) is 11.3. The third-order valence-electron chi connectivity index (χ3n) is 4.25. The zero-order valence-electron chi connectivity index (χ0n) is 12.7. The van der Waals surface area contributed by atoms with Crippen LogP contribution in [-0.4, -0.2) is 23.5 Å². The molecule has 0 unspecified atom stereocenters. The lowest BCUT2D eigenvalue weighted by atomic mass is 10.1. The molecule has 3 aromatic rings. The number of para-hydroxylation sites is 1. The molecule has 2 atom stereocenters. The van der Waals surface area contributed by atoms with E-state index in [1.165, 1.54) is 10.9 Å². The Balaban J connectivity index is 1.31. The average molecular weight is 306 g/mol. The number of ether oxygens (including phenoxy) is 1. The van der Waals surface area contributed by atoms with Crippen molar-refractivity contribution in [3.8, 4) is 0 Å². The van der Waals surface area contributed by atoms with E-state index in [1.807, 2.05) is 48.7 Å². The molecule has 1 amide bonds. The SMILES string of the molecule is O=C(NCCc1c[nH]c2ccccc12)[C@H]1O[C@@H]1c1ccccc1. The molecule has 0 saturated carbocycles. The van der Waals surface area contributed by atoms with E-state index in [-0.39, 0.29) is 18.1 Å². The summed E-state index contributed by atoms with van der Waals surface area (Å²) in [6.45, 7) is 0.613. The Hall–Kier alpha value is -2.59. The number of amides is 1. The van der Waals surface area contributed by atoms with E-state index in [1.54, 1.807) is 0 Å². The van der Waals surface area contributed by atoms with Crippen LogP contribution in [0.1, 0.15) is 17.2 Å². The molecule has 1 saturated heterocycles. The van der Waals surface area contributed by atoms with Gasteiger partial charge in [-0.1, -0.05) is 48.5 Å². The summed E-state index contributed by atoms with van der Waals surface area (Å²) in [5.74, 6) is -0.0290. The average Bonchev–Trinajstić information content (AvgIpc) is 3.31. The van der Waals surface area contributed by atoms with Crippen molar-refractivity contribution in [1.29, 1.82) is 0 Å². The summed E-state index contributed by atoms with van der Waals surface area (Å²) in [6, 6.07) is 18.1. The van der Waals surface area contributed by atoms with E-state index in [4.69, 9.17) is 4.74 Å². The highest BCUT2D eigenvalue weighted by molar-refractivity contribution is 5.85. The fourth-order valence-corrected chi connectivity index (χ4v) is 2.97. The van der Waals surface area contributed by atoms with E-state index in [0.29, 0.717) is 6.54 Å². The van der Waals surface area contributed by atoms with Gasteiger partial charge in [0, 0.05) is 23.6 Å². The minimum Gasteiger partial charge on any atom is -0.361 e. The van der Waals surface area contributed by atoms with Crippen molar-refractivity contribution in [2.45, 2.75) is 18.6 Å². The van der Waals surface area contributed by atoms with Crippen LogP contribution in [0.5, 0.6) is 0 Å². The second-order valence-corrected chi connectivity index (χ2v) is 5.79. The number of benzene rings is 2. The van der Waals surface area contributed by atoms with Gasteiger partial charge in [-0.2, -0.15) is 0 Å². The van der Waals surface area contributed by atoms with Gasteiger partial charge in [-0.05, 0) is 23.6 Å². The summed E-state index contributed by atoms with van der Waals surface area (Å²) < 4.78 is 5.50. The molecule has 2 N–H and O–H groups in total. The summed E-state index contributed by atoms with van der Waals surface area (Å²) in [5.41, 5.74) is 3.41. The van der Waals surface area contributed by atoms with Gasteiger partial charge in [0.15, 0.2) is 6.10 Å². The van der Waals surface area contributed by atoms with E-state index in [0.717, 1.165) is 17.5 Å². The van der Waals surface area contributed by atoms with Crippen LogP contribution >= 0.6 is 0 Å². The highest BCUT2D eigenvalue weighted by Gasteiger charge is 2.45. The molecule has 0 aliphatic carbocycles. The maximum Gasteiger partial charge on any atom is 0.252 e. The van der Waals surface area contributed by atoms with Gasteiger partial charge in [-0.15, -0.1) is 0 Å². The summed E-state index contributed by atoms with van der Waals surface area (Å²) in [4.78, 5) is 15.4. The van der Waals surface area contributed by atoms with Crippen molar-refractivity contribution in [1.82, 2.24) is 10.3 Å². The Morgan fingerprint density at radius 3 is 2.74 bits per heavy atom. The summed E-state index contributed by atoms with van der Waals surface area (Å²) >= 11 is 0. The summed E-state index contributed by atoms with van der Waals surface area (Å²) in [5, 5.41) is 4.18. The molecule has 23 heavy (non-hydrogen) atoms. The van der Waals surface area contributed by atoms with Crippen molar-refractivity contribution in [2.75, 3.05) is 6.54 Å². The molecule has 2 heterocycles. The smallest absolute Gasteiger partial charge is 0.252 e. The Bertz CT molecular complexity index is 826. The lowest BCUT2D eigenvalue weighted by Gasteiger charge is -2.03. The zero-order chi connectivity index (χ0) is 15.6. The molecule has 116 valence electrons. The van der Waals surface area contributed by atoms with Gasteiger partial charge in [-0.25, -0.2) is 0 Å². The van der Waals surface area contributed by atoms with Gasteiger partial charge < -0.3 is 15.0 Å². The first kappa shape index (κ1) is 14.0. The van der Waals surface area contributed by atoms with E-state index in [9.17, 15) is 4.79 Å². The fraction of sp³-hybridized carbons (Fsp3) is 0.211. The van der Waals surface area contributed by atoms with E-state index < -0.39 is 0 Å². The molecule has 1 aliphatic heterocycles. The number of fused-ring (bicyclic) bond motifs is 1. The largest absolute Gasteiger partial charge is 0.361 e. The molecule has 0 bridgehead atoms. The molecule has 2 aromatic carbocycles. The quantitative estimate of drug-likeness (QED) is 0.712. The van der Waals surface area contributed by atoms with Crippen LogP contribution in [0.25, 0.3) is 10.9 Å². The standard InChI is InChI=1S/C19H18N2O2/c22-19(18-17(23-18)13-6-2-1-3-7-13)20-11-10-14-12-21-16-9-5-4-8-15(14)16/h1-9,12,17-18,21H,10-11H2,(H,20,22)/t17-,18+/m1/s1. The maximum atomic E-state index is 12.1. The molecule has 4 nitrogen and oxygen atoms in total. The molecule has 1 fully saturated rings. The lowest BCUT2D eigenvalue weighted by Crippen LogP contribution is -2.30. The van der Waals surface area contributed by atoms with Crippen molar-refractivity contribution in [3.63, 3.8) is 0 Å². The van der Waals surface area contributed by atoms with Gasteiger partial charge in [0.1, 0.15) is 6.10 Å². The number of carbonyl (C=O) groups is 1. The molecule has 4 heteroatoms. The van der Waals surface area contributed by atoms with Crippen LogP contribution in [0.3, 0.4) is 0 Å². The van der Waals surface area contributed by atoms with Crippen molar-refractivity contribution >= 4 is 16.8 Å². The van der Waals surface area contributed by atoms with Crippen LogP contribution < -0.4 is 5.32 Å². The highest BCUT2D eigenvalue weighted by atomic mass is 16.6. The topological polar surface area (TPSA) is 57.4 Å². The third kappa shape index (κ3) is 2.85. The van der Waals surface area contributed by atoms with Crippen LogP contribution in [0.2, 0.25) is 0 Å². The first-order valence-corrected chi connectivity index (χ1v) is 7.86. The van der Waals surface area contributed by atoms with Gasteiger partial charge in [0.05, 0.1) is 0 Å². The third-order valence-corrected chi connectivity index (χ3v) is 4.25. The molecule has 1 aromatic heterocycles. The Morgan fingerprint density at radius 2 is 1.87 bits per heavy atom. The van der Waals surface area contributed by atoms with Crippen LogP contribution in [0, 0.1) is 0 Å². The number of hydrogen-bond donors (Lipinski definition) is 2. The van der Waals surface area contributed by atoms with Crippen molar-refractivity contribution in [3.05, 3.63) is 71.9 Å². The molecular formula is C19H18N2O2. The van der Waals surface area contributed by atoms with Gasteiger partial charge in [-0.3, -0.25) is 4.79 Å². The number of hydrogen-bond acceptors (Lipinski definition) is 2. The minimum absolute atomic E-state index is 0.0290. The predicted molar refractivity (Wildman–Crippen MR) is 89.1 cm³/mol. The normalized spacial score (nSPS) is 19.7. The second-order valence-electron chi connectivity index (χ2n) is 5.79. The van der Waals surface area contributed by atoms with E-state index in [2.05, 4.69) is 22.4 Å². The first-order valence-electron chi connectivity index (χ1n) is 7.86. The number of aromatic amines is 1. The van der Waals surface area contributed by atoms with Crippen molar-refractivity contribution < 1.29 is 9.53 Å². The summed E-state index contributed by atoms with van der Waals surface area (Å²) in [7, 11) is 0. The summed E-state index contributed by atoms with van der Waals surface area (Å²) in [6.07, 6.45) is 2.38. The van der Waals surface area contributed by atoms with Crippen LogP contribution in [0.15, 0.2) is 60.8 Å². The van der Waals surface area contributed by atoms with Gasteiger partial charge in [0.2, 0.25) is 0 Å². The van der Waals surface area contributed by atoms with Crippen LogP contribution in [-0.2, 0) is 16.0 Å². The zero-order valence-corrected chi connectivity index (χ0v) is 12.7. The number of nitrogens with one attached hydrogen (secondary N) is 2. The highest BCUT2D eigenvalue weighted by Crippen LogP contribution is 2.38. The molecular weight excluding hydrogens is 288 g/mol. The van der Waals surface area contributed by atoms with Crippen LogP contribution in [0.4, 0.5) is 0 Å². The molecule has 1 aliphatic rings. The van der Waals surface area contributed by atoms with Gasteiger partial charge in [0.25, 0.3) is 5.91 Å². The van der Waals surface area contributed by atoms with Gasteiger partial charge >= 0.3 is 0 Å². The minimum atomic E-state index is -0.347. The Morgan fingerprint density at radius 1 is 1.09 bits per heavy atom. The second kappa shape index (κ2) is 5.89.